The number of carbonyl (C=O) groups excluding carboxylic acids is 1. The van der Waals surface area contributed by atoms with E-state index < -0.39 is 10.0 Å². The molecule has 1 aromatic carbocycles. The van der Waals surface area contributed by atoms with Crippen LogP contribution in [0.3, 0.4) is 0 Å². The minimum absolute atomic E-state index is 0.0803. The molecule has 8 heteroatoms. The number of hydrogen-bond acceptors (Lipinski definition) is 4. The van der Waals surface area contributed by atoms with Crippen molar-refractivity contribution in [2.24, 2.45) is 5.92 Å². The van der Waals surface area contributed by atoms with Crippen LogP contribution in [0, 0.1) is 12.8 Å². The first-order valence-corrected chi connectivity index (χ1v) is 9.85. The summed E-state index contributed by atoms with van der Waals surface area (Å²) in [7, 11) is -1.67. The van der Waals surface area contributed by atoms with Gasteiger partial charge in [0.1, 0.15) is 5.75 Å². The Kier molecular flexibility index (Phi) is 4.44. The number of nitrogens with one attached hydrogen (secondary N) is 2. The van der Waals surface area contributed by atoms with Crippen molar-refractivity contribution in [1.29, 1.82) is 0 Å². The number of hydrogen-bond donors (Lipinski definition) is 2. The van der Waals surface area contributed by atoms with Gasteiger partial charge in [-0.1, -0.05) is 0 Å². The zero-order valence-corrected chi connectivity index (χ0v) is 14.9. The average Bonchev–Trinajstić information content (AvgIpc) is 3.07. The Morgan fingerprint density at radius 2 is 2.08 bits per heavy atom. The molecule has 1 aliphatic carbocycles. The SMILES string of the molecule is COc1ccc(NC(=O)N2C[C@@H]3C[C@H](NS(C)(=O)=O)[C@H]2C3)c(C)c1. The number of aryl methyl sites for hydroxylation is 1. The van der Waals surface area contributed by atoms with Crippen molar-refractivity contribution in [2.75, 3.05) is 25.2 Å². The number of sulfonamides is 1. The van der Waals surface area contributed by atoms with Gasteiger partial charge in [-0.05, 0) is 49.4 Å². The molecule has 2 N–H and O–H groups in total. The van der Waals surface area contributed by atoms with E-state index in [0.29, 0.717) is 12.5 Å². The first-order chi connectivity index (χ1) is 11.3. The number of fused-ring (bicyclic) bond motifs is 2. The molecule has 2 amide bonds. The van der Waals surface area contributed by atoms with Gasteiger partial charge in [0.2, 0.25) is 10.0 Å². The lowest BCUT2D eigenvalue weighted by atomic mass is 10.1. The van der Waals surface area contributed by atoms with E-state index in [1.54, 1.807) is 18.1 Å². The second kappa shape index (κ2) is 6.25. The fourth-order valence-electron chi connectivity index (χ4n) is 3.75. The maximum Gasteiger partial charge on any atom is 0.322 e. The van der Waals surface area contributed by atoms with Crippen LogP contribution in [0.5, 0.6) is 5.75 Å². The van der Waals surface area contributed by atoms with Gasteiger partial charge in [-0.25, -0.2) is 17.9 Å². The number of carbonyl (C=O) groups is 1. The quantitative estimate of drug-likeness (QED) is 0.860. The van der Waals surface area contributed by atoms with Crippen LogP contribution in [0.15, 0.2) is 18.2 Å². The highest BCUT2D eigenvalue weighted by Crippen LogP contribution is 2.38. The Hall–Kier alpha value is -1.80. The fourth-order valence-corrected chi connectivity index (χ4v) is 4.55. The van der Waals surface area contributed by atoms with Crippen LogP contribution in [0.25, 0.3) is 0 Å². The Balaban J connectivity index is 1.70. The number of rotatable bonds is 4. The standard InChI is InChI=1S/C16H23N3O4S/c1-10-6-12(23-2)4-5-13(10)17-16(20)19-9-11-7-14(15(19)8-11)18-24(3,21)22/h4-6,11,14-15,18H,7-9H2,1-3H3,(H,17,20)/t11-,14+,15-/m1/s1. The third kappa shape index (κ3) is 3.49. The number of nitrogens with zero attached hydrogens (tertiary/aromatic N) is 1. The van der Waals surface area contributed by atoms with Gasteiger partial charge in [0, 0.05) is 18.3 Å². The lowest BCUT2D eigenvalue weighted by Gasteiger charge is -2.33. The number of urea groups is 1. The van der Waals surface area contributed by atoms with Gasteiger partial charge in [-0.15, -0.1) is 0 Å². The molecule has 2 bridgehead atoms. The molecule has 24 heavy (non-hydrogen) atoms. The number of anilines is 1. The highest BCUT2D eigenvalue weighted by atomic mass is 32.2. The minimum Gasteiger partial charge on any atom is -0.497 e. The molecule has 132 valence electrons. The van der Waals surface area contributed by atoms with Crippen LogP contribution in [0.4, 0.5) is 10.5 Å². The number of methoxy groups -OCH3 is 1. The van der Waals surface area contributed by atoms with Crippen molar-refractivity contribution in [3.05, 3.63) is 23.8 Å². The molecule has 3 atom stereocenters. The summed E-state index contributed by atoms with van der Waals surface area (Å²) < 4.78 is 30.8. The molecular weight excluding hydrogens is 330 g/mol. The van der Waals surface area contributed by atoms with Gasteiger partial charge in [-0.3, -0.25) is 0 Å². The van der Waals surface area contributed by atoms with Gasteiger partial charge < -0.3 is 15.0 Å². The van der Waals surface area contributed by atoms with Gasteiger partial charge in [0.25, 0.3) is 0 Å². The van der Waals surface area contributed by atoms with Crippen molar-refractivity contribution < 1.29 is 17.9 Å². The number of likely N-dealkylation sites (tertiary alicyclic amines) is 1. The maximum absolute atomic E-state index is 12.6. The molecule has 1 aliphatic heterocycles. The average molecular weight is 353 g/mol. The van der Waals surface area contributed by atoms with Crippen LogP contribution in [-0.2, 0) is 10.0 Å². The largest absolute Gasteiger partial charge is 0.497 e. The summed E-state index contributed by atoms with van der Waals surface area (Å²) in [6.45, 7) is 2.58. The normalized spacial score (nSPS) is 25.8. The van der Waals surface area contributed by atoms with Gasteiger partial charge in [-0.2, -0.15) is 0 Å². The lowest BCUT2D eigenvalue weighted by Crippen LogP contribution is -2.52. The molecule has 1 heterocycles. The summed E-state index contributed by atoms with van der Waals surface area (Å²) in [5, 5.41) is 2.93. The summed E-state index contributed by atoms with van der Waals surface area (Å²) in [5.74, 6) is 1.10. The first-order valence-electron chi connectivity index (χ1n) is 7.96. The van der Waals surface area contributed by atoms with E-state index in [9.17, 15) is 13.2 Å². The molecule has 2 fully saturated rings. The van der Waals surface area contributed by atoms with Crippen molar-refractivity contribution in [3.8, 4) is 5.75 Å². The van der Waals surface area contributed by atoms with Crippen molar-refractivity contribution in [1.82, 2.24) is 9.62 Å². The zero-order valence-electron chi connectivity index (χ0n) is 14.1. The number of ether oxygens (including phenoxy) is 1. The van der Waals surface area contributed by atoms with E-state index in [2.05, 4.69) is 10.0 Å². The predicted molar refractivity (Wildman–Crippen MR) is 91.7 cm³/mol. The van der Waals surface area contributed by atoms with Crippen LogP contribution < -0.4 is 14.8 Å². The third-order valence-electron chi connectivity index (χ3n) is 4.78. The highest BCUT2D eigenvalue weighted by Gasteiger charge is 2.47. The molecule has 0 spiro atoms. The van der Waals surface area contributed by atoms with Gasteiger partial charge in [0.15, 0.2) is 0 Å². The summed E-state index contributed by atoms with van der Waals surface area (Å²) in [5.41, 5.74) is 1.65. The van der Waals surface area contributed by atoms with Crippen LogP contribution in [0.2, 0.25) is 0 Å². The van der Waals surface area contributed by atoms with Crippen molar-refractivity contribution >= 4 is 21.7 Å². The van der Waals surface area contributed by atoms with E-state index >= 15 is 0 Å². The monoisotopic (exact) mass is 353 g/mol. The van der Waals surface area contributed by atoms with E-state index in [-0.39, 0.29) is 18.1 Å². The highest BCUT2D eigenvalue weighted by molar-refractivity contribution is 7.88. The van der Waals surface area contributed by atoms with Crippen molar-refractivity contribution in [3.63, 3.8) is 0 Å². The third-order valence-corrected chi connectivity index (χ3v) is 5.51. The Bertz CT molecular complexity index is 750. The van der Waals surface area contributed by atoms with Crippen molar-refractivity contribution in [2.45, 2.75) is 31.8 Å². The molecule has 7 nitrogen and oxygen atoms in total. The van der Waals surface area contributed by atoms with Crippen LogP contribution in [0.1, 0.15) is 18.4 Å². The summed E-state index contributed by atoms with van der Waals surface area (Å²) in [6.07, 6.45) is 2.80. The molecule has 1 saturated carbocycles. The van der Waals surface area contributed by atoms with Crippen LogP contribution >= 0.6 is 0 Å². The summed E-state index contributed by atoms with van der Waals surface area (Å²) in [6, 6.07) is 5.01. The smallest absolute Gasteiger partial charge is 0.322 e. The summed E-state index contributed by atoms with van der Waals surface area (Å²) in [4.78, 5) is 14.4. The Labute approximate surface area is 142 Å². The van der Waals surface area contributed by atoms with Crippen LogP contribution in [-0.4, -0.2) is 51.3 Å². The Morgan fingerprint density at radius 3 is 2.67 bits per heavy atom. The van der Waals surface area contributed by atoms with E-state index in [4.69, 9.17) is 4.74 Å². The number of piperidine rings is 1. The summed E-state index contributed by atoms with van der Waals surface area (Å²) >= 11 is 0. The molecule has 0 radical (unpaired) electrons. The van der Waals surface area contributed by atoms with E-state index in [1.807, 2.05) is 19.1 Å². The molecule has 3 rings (SSSR count). The minimum atomic E-state index is -3.27. The fraction of sp³-hybridized carbons (Fsp3) is 0.562. The van der Waals surface area contributed by atoms with E-state index in [1.165, 1.54) is 0 Å². The van der Waals surface area contributed by atoms with Gasteiger partial charge >= 0.3 is 6.03 Å². The zero-order chi connectivity index (χ0) is 17.5. The second-order valence-corrected chi connectivity index (χ2v) is 8.44. The number of amides is 2. The molecule has 1 saturated heterocycles. The van der Waals surface area contributed by atoms with E-state index in [0.717, 1.165) is 36.1 Å². The predicted octanol–water partition coefficient (Wildman–Crippen LogP) is 1.55. The second-order valence-electron chi connectivity index (χ2n) is 6.66. The first kappa shape index (κ1) is 17.0. The molecule has 2 aliphatic rings. The molecule has 0 unspecified atom stereocenters. The molecule has 1 aromatic rings. The molecular formula is C16H23N3O4S. The topological polar surface area (TPSA) is 87.7 Å². The lowest BCUT2D eigenvalue weighted by molar-refractivity contribution is 0.183. The number of benzene rings is 1. The maximum atomic E-state index is 12.6. The molecule has 0 aromatic heterocycles. The van der Waals surface area contributed by atoms with Gasteiger partial charge in [0.05, 0.1) is 19.4 Å². The Morgan fingerprint density at radius 1 is 1.33 bits per heavy atom.